The number of hydrogen-bond donors (Lipinski definition) is 2. The highest BCUT2D eigenvalue weighted by Gasteiger charge is 2.32. The number of rotatable bonds is 5. The number of carbonyl (C=O) groups excluding carboxylic acids is 3. The van der Waals surface area contributed by atoms with Crippen LogP contribution in [0.25, 0.3) is 0 Å². The molecule has 1 aromatic rings. The van der Waals surface area contributed by atoms with E-state index in [-0.39, 0.29) is 11.9 Å². The Kier molecular flexibility index (Phi) is 5.52. The molecule has 0 bridgehead atoms. The van der Waals surface area contributed by atoms with Crippen molar-refractivity contribution >= 4 is 17.9 Å². The van der Waals surface area contributed by atoms with Crippen LogP contribution in [0.1, 0.15) is 37.9 Å². The summed E-state index contributed by atoms with van der Waals surface area (Å²) in [5.74, 6) is -1.17. The van der Waals surface area contributed by atoms with E-state index >= 15 is 0 Å². The first-order valence-electron chi connectivity index (χ1n) is 7.46. The molecule has 0 spiro atoms. The molecule has 1 fully saturated rings. The average Bonchev–Trinajstić information content (AvgIpc) is 2.44. The third kappa shape index (κ3) is 4.07. The average molecular weight is 304 g/mol. The predicted octanol–water partition coefficient (Wildman–Crippen LogP) is 1.92. The zero-order chi connectivity index (χ0) is 15.9. The molecule has 0 aliphatic heterocycles. The standard InChI is InChI=1S/C16H20N2O4/c1-2-17-16(21)18-14(19)13(11-7-4-3-5-8-11)22-15(20)12-9-6-10-12/h3-5,7-8,12-13H,2,6,9-10H2,1H3,(H2,17,18,19,21)/t13-/m1/s1. The van der Waals surface area contributed by atoms with Crippen molar-refractivity contribution in [3.63, 3.8) is 0 Å². The molecule has 118 valence electrons. The first-order valence-corrected chi connectivity index (χ1v) is 7.46. The molecule has 2 N–H and O–H groups in total. The van der Waals surface area contributed by atoms with Crippen molar-refractivity contribution in [3.8, 4) is 0 Å². The van der Waals surface area contributed by atoms with Crippen molar-refractivity contribution in [1.29, 1.82) is 0 Å². The smallest absolute Gasteiger partial charge is 0.321 e. The molecule has 22 heavy (non-hydrogen) atoms. The van der Waals surface area contributed by atoms with Crippen LogP contribution in [-0.4, -0.2) is 24.5 Å². The monoisotopic (exact) mass is 304 g/mol. The number of carbonyl (C=O) groups is 3. The second-order valence-electron chi connectivity index (χ2n) is 5.20. The Morgan fingerprint density at radius 2 is 1.91 bits per heavy atom. The van der Waals surface area contributed by atoms with Crippen molar-refractivity contribution in [2.24, 2.45) is 5.92 Å². The molecule has 0 radical (unpaired) electrons. The Morgan fingerprint density at radius 3 is 2.45 bits per heavy atom. The summed E-state index contributed by atoms with van der Waals surface area (Å²) < 4.78 is 5.35. The number of imide groups is 1. The number of benzene rings is 1. The van der Waals surface area contributed by atoms with Crippen LogP contribution in [0.2, 0.25) is 0 Å². The second-order valence-corrected chi connectivity index (χ2v) is 5.20. The Labute approximate surface area is 129 Å². The van der Waals surface area contributed by atoms with Crippen molar-refractivity contribution in [2.75, 3.05) is 6.54 Å². The Morgan fingerprint density at radius 1 is 1.23 bits per heavy atom. The lowest BCUT2D eigenvalue weighted by Crippen LogP contribution is -2.43. The molecule has 1 aliphatic rings. The molecule has 6 nitrogen and oxygen atoms in total. The highest BCUT2D eigenvalue weighted by Crippen LogP contribution is 2.30. The number of esters is 1. The van der Waals surface area contributed by atoms with E-state index in [0.29, 0.717) is 12.1 Å². The van der Waals surface area contributed by atoms with Gasteiger partial charge in [0, 0.05) is 12.1 Å². The Hall–Kier alpha value is -2.37. The van der Waals surface area contributed by atoms with E-state index in [1.807, 2.05) is 0 Å². The molecule has 0 aromatic heterocycles. The summed E-state index contributed by atoms with van der Waals surface area (Å²) in [6.07, 6.45) is 1.47. The fourth-order valence-electron chi connectivity index (χ4n) is 2.14. The molecular weight excluding hydrogens is 284 g/mol. The van der Waals surface area contributed by atoms with Gasteiger partial charge in [-0.05, 0) is 19.8 Å². The van der Waals surface area contributed by atoms with Crippen molar-refractivity contribution in [2.45, 2.75) is 32.3 Å². The van der Waals surface area contributed by atoms with Crippen LogP contribution < -0.4 is 10.6 Å². The van der Waals surface area contributed by atoms with Gasteiger partial charge in [0.05, 0.1) is 5.92 Å². The second kappa shape index (κ2) is 7.59. The number of ether oxygens (including phenoxy) is 1. The molecule has 2 rings (SSSR count). The summed E-state index contributed by atoms with van der Waals surface area (Å²) in [5, 5.41) is 4.66. The zero-order valence-electron chi connectivity index (χ0n) is 12.5. The van der Waals surface area contributed by atoms with Gasteiger partial charge in [-0.25, -0.2) is 4.79 Å². The van der Waals surface area contributed by atoms with E-state index in [1.54, 1.807) is 37.3 Å². The summed E-state index contributed by atoms with van der Waals surface area (Å²) in [6, 6.07) is 8.08. The predicted molar refractivity (Wildman–Crippen MR) is 79.8 cm³/mol. The maximum Gasteiger partial charge on any atom is 0.321 e. The molecule has 1 atom stereocenters. The van der Waals surface area contributed by atoms with Crippen LogP contribution >= 0.6 is 0 Å². The maximum atomic E-state index is 12.2. The van der Waals surface area contributed by atoms with E-state index in [2.05, 4.69) is 10.6 Å². The van der Waals surface area contributed by atoms with Crippen LogP contribution in [0.4, 0.5) is 4.79 Å². The van der Waals surface area contributed by atoms with Crippen LogP contribution in [-0.2, 0) is 14.3 Å². The molecule has 1 aliphatic carbocycles. The lowest BCUT2D eigenvalue weighted by molar-refractivity contribution is -0.162. The largest absolute Gasteiger partial charge is 0.447 e. The first kappa shape index (κ1) is 16.0. The van der Waals surface area contributed by atoms with E-state index in [1.165, 1.54) is 0 Å². The van der Waals surface area contributed by atoms with Gasteiger partial charge in [-0.15, -0.1) is 0 Å². The fourth-order valence-corrected chi connectivity index (χ4v) is 2.14. The summed E-state index contributed by atoms with van der Waals surface area (Å²) in [4.78, 5) is 35.8. The maximum absolute atomic E-state index is 12.2. The van der Waals surface area contributed by atoms with Crippen molar-refractivity contribution in [1.82, 2.24) is 10.6 Å². The first-order chi connectivity index (χ1) is 10.6. The SMILES string of the molecule is CCNC(=O)NC(=O)[C@H](OC(=O)C1CCC1)c1ccccc1. The molecule has 0 heterocycles. The minimum atomic E-state index is -1.11. The van der Waals surface area contributed by atoms with Gasteiger partial charge in [0.25, 0.3) is 5.91 Å². The lowest BCUT2D eigenvalue weighted by atomic mass is 9.85. The minimum Gasteiger partial charge on any atom is -0.447 e. The van der Waals surface area contributed by atoms with E-state index in [0.717, 1.165) is 19.3 Å². The zero-order valence-corrected chi connectivity index (χ0v) is 12.5. The topological polar surface area (TPSA) is 84.5 Å². The summed E-state index contributed by atoms with van der Waals surface area (Å²) in [6.45, 7) is 2.15. The third-order valence-corrected chi connectivity index (χ3v) is 3.59. The fraction of sp³-hybridized carbons (Fsp3) is 0.438. The van der Waals surface area contributed by atoms with E-state index in [4.69, 9.17) is 4.74 Å². The Balaban J connectivity index is 2.08. The highest BCUT2D eigenvalue weighted by atomic mass is 16.5. The van der Waals surface area contributed by atoms with Crippen LogP contribution in [0.15, 0.2) is 30.3 Å². The van der Waals surface area contributed by atoms with Gasteiger partial charge in [-0.3, -0.25) is 14.9 Å². The van der Waals surface area contributed by atoms with Crippen LogP contribution in [0.5, 0.6) is 0 Å². The van der Waals surface area contributed by atoms with Crippen molar-refractivity contribution in [3.05, 3.63) is 35.9 Å². The molecule has 0 saturated heterocycles. The van der Waals surface area contributed by atoms with Crippen LogP contribution in [0.3, 0.4) is 0 Å². The molecule has 0 unspecified atom stereocenters. The Bertz CT molecular complexity index is 540. The molecule has 1 aromatic carbocycles. The highest BCUT2D eigenvalue weighted by molar-refractivity contribution is 5.97. The number of amides is 3. The van der Waals surface area contributed by atoms with Crippen molar-refractivity contribution < 1.29 is 19.1 Å². The number of hydrogen-bond acceptors (Lipinski definition) is 4. The molecule has 6 heteroatoms. The quantitative estimate of drug-likeness (QED) is 0.814. The van der Waals surface area contributed by atoms with Crippen LogP contribution in [0, 0.1) is 5.92 Å². The number of urea groups is 1. The molecule has 1 saturated carbocycles. The van der Waals surface area contributed by atoms with Gasteiger partial charge < -0.3 is 10.1 Å². The summed E-state index contributed by atoms with van der Waals surface area (Å²) in [5.41, 5.74) is 0.539. The summed E-state index contributed by atoms with van der Waals surface area (Å²) in [7, 11) is 0. The molecular formula is C16H20N2O4. The van der Waals surface area contributed by atoms with Gasteiger partial charge in [-0.2, -0.15) is 0 Å². The van der Waals surface area contributed by atoms with Gasteiger partial charge in [0.1, 0.15) is 0 Å². The normalized spacial score (nSPS) is 15.3. The van der Waals surface area contributed by atoms with Gasteiger partial charge >= 0.3 is 12.0 Å². The van der Waals surface area contributed by atoms with Gasteiger partial charge in [0.15, 0.2) is 0 Å². The van der Waals surface area contributed by atoms with E-state index < -0.39 is 18.0 Å². The number of nitrogens with one attached hydrogen (secondary N) is 2. The molecule has 3 amide bonds. The third-order valence-electron chi connectivity index (χ3n) is 3.59. The minimum absolute atomic E-state index is 0.136. The summed E-state index contributed by atoms with van der Waals surface area (Å²) >= 11 is 0. The lowest BCUT2D eigenvalue weighted by Gasteiger charge is -2.26. The van der Waals surface area contributed by atoms with E-state index in [9.17, 15) is 14.4 Å². The van der Waals surface area contributed by atoms with Gasteiger partial charge in [-0.1, -0.05) is 36.8 Å². The van der Waals surface area contributed by atoms with Gasteiger partial charge in [0.2, 0.25) is 6.10 Å².